The normalized spacial score (nSPS) is 21.3. The Balaban J connectivity index is 1.43. The van der Waals surface area contributed by atoms with Crippen molar-refractivity contribution in [3.8, 4) is 0 Å². The van der Waals surface area contributed by atoms with Crippen molar-refractivity contribution in [1.82, 2.24) is 14.9 Å². The molecule has 1 aromatic heterocycles. The monoisotopic (exact) mass is 349 g/mol. The second-order valence-electron chi connectivity index (χ2n) is 7.66. The van der Waals surface area contributed by atoms with Gasteiger partial charge in [0.2, 0.25) is 0 Å². The van der Waals surface area contributed by atoms with Crippen molar-refractivity contribution in [2.24, 2.45) is 5.41 Å². The number of aliphatic hydroxyl groups excluding tert-OH is 1. The summed E-state index contributed by atoms with van der Waals surface area (Å²) in [4.78, 5) is 10.6. The number of nitrogens with zero attached hydrogens (tertiary/aromatic N) is 2. The van der Waals surface area contributed by atoms with Crippen molar-refractivity contribution < 1.29 is 5.11 Å². The SMILES string of the molecule is OC[C@@]1(CCc2ccccc2)CCCN(Cc2nc3ccccc3[nH]2)C1. The van der Waals surface area contributed by atoms with Gasteiger partial charge in [0.05, 0.1) is 17.6 Å². The second kappa shape index (κ2) is 7.60. The molecular weight excluding hydrogens is 322 g/mol. The number of hydrogen-bond donors (Lipinski definition) is 2. The molecule has 136 valence electrons. The molecule has 0 bridgehead atoms. The second-order valence-corrected chi connectivity index (χ2v) is 7.66. The van der Waals surface area contributed by atoms with E-state index in [-0.39, 0.29) is 12.0 Å². The largest absolute Gasteiger partial charge is 0.396 e. The van der Waals surface area contributed by atoms with Crippen LogP contribution >= 0.6 is 0 Å². The predicted octanol–water partition coefficient (Wildman–Crippen LogP) is 3.77. The van der Waals surface area contributed by atoms with Crippen molar-refractivity contribution in [2.45, 2.75) is 32.2 Å². The third-order valence-electron chi connectivity index (χ3n) is 5.67. The summed E-state index contributed by atoms with van der Waals surface area (Å²) in [5, 5.41) is 10.2. The van der Waals surface area contributed by atoms with Crippen LogP contribution in [0.3, 0.4) is 0 Å². The number of fused-ring (bicyclic) bond motifs is 1. The van der Waals surface area contributed by atoms with Gasteiger partial charge in [-0.25, -0.2) is 4.98 Å². The van der Waals surface area contributed by atoms with Crippen molar-refractivity contribution in [2.75, 3.05) is 19.7 Å². The lowest BCUT2D eigenvalue weighted by molar-refractivity contribution is 0.0215. The summed E-state index contributed by atoms with van der Waals surface area (Å²) in [5.41, 5.74) is 3.48. The van der Waals surface area contributed by atoms with Gasteiger partial charge in [0, 0.05) is 18.6 Å². The maximum atomic E-state index is 10.2. The van der Waals surface area contributed by atoms with Gasteiger partial charge in [0.25, 0.3) is 0 Å². The lowest BCUT2D eigenvalue weighted by atomic mass is 9.76. The number of aryl methyl sites for hydroxylation is 1. The minimum absolute atomic E-state index is 0.000106. The summed E-state index contributed by atoms with van der Waals surface area (Å²) in [5.74, 6) is 1.02. The first-order chi connectivity index (χ1) is 12.8. The summed E-state index contributed by atoms with van der Waals surface area (Å²) in [6.45, 7) is 3.09. The number of piperidine rings is 1. The molecule has 4 nitrogen and oxygen atoms in total. The number of aromatic amines is 1. The molecule has 0 amide bonds. The first-order valence-corrected chi connectivity index (χ1v) is 9.57. The van der Waals surface area contributed by atoms with E-state index in [2.05, 4.69) is 46.3 Å². The van der Waals surface area contributed by atoms with Gasteiger partial charge in [0.15, 0.2) is 0 Å². The molecule has 0 radical (unpaired) electrons. The molecule has 0 aliphatic carbocycles. The number of hydrogen-bond acceptors (Lipinski definition) is 3. The number of nitrogens with one attached hydrogen (secondary N) is 1. The highest BCUT2D eigenvalue weighted by Crippen LogP contribution is 2.35. The number of aromatic nitrogens is 2. The fourth-order valence-electron chi connectivity index (χ4n) is 4.20. The van der Waals surface area contributed by atoms with E-state index in [0.717, 1.165) is 62.2 Å². The molecule has 1 fully saturated rings. The van der Waals surface area contributed by atoms with E-state index in [4.69, 9.17) is 4.98 Å². The standard InChI is InChI=1S/C22H27N3O/c26-17-22(13-11-18-7-2-1-3-8-18)12-6-14-25(16-22)15-21-23-19-9-4-5-10-20(19)24-21/h1-5,7-10,26H,6,11-17H2,(H,23,24)/t22-/m1/s1. The van der Waals surface area contributed by atoms with E-state index in [9.17, 15) is 5.11 Å². The van der Waals surface area contributed by atoms with E-state index in [1.54, 1.807) is 0 Å². The van der Waals surface area contributed by atoms with Crippen LogP contribution < -0.4 is 0 Å². The Morgan fingerprint density at radius 3 is 2.69 bits per heavy atom. The summed E-state index contributed by atoms with van der Waals surface area (Å²) in [7, 11) is 0. The minimum atomic E-state index is 0.000106. The van der Waals surface area contributed by atoms with Crippen LogP contribution in [-0.2, 0) is 13.0 Å². The Bertz CT molecular complexity index is 812. The van der Waals surface area contributed by atoms with E-state index in [1.807, 2.05) is 18.2 Å². The highest BCUT2D eigenvalue weighted by molar-refractivity contribution is 5.74. The molecular formula is C22H27N3O. The van der Waals surface area contributed by atoms with Crippen molar-refractivity contribution in [3.05, 3.63) is 66.0 Å². The third kappa shape index (κ3) is 3.81. The fraction of sp³-hybridized carbons (Fsp3) is 0.409. The number of benzene rings is 2. The van der Waals surface area contributed by atoms with Crippen LogP contribution in [0.25, 0.3) is 11.0 Å². The van der Waals surface area contributed by atoms with E-state index in [0.29, 0.717) is 0 Å². The zero-order chi connectivity index (χ0) is 17.8. The van der Waals surface area contributed by atoms with Gasteiger partial charge >= 0.3 is 0 Å². The highest BCUT2D eigenvalue weighted by atomic mass is 16.3. The summed E-state index contributed by atoms with van der Waals surface area (Å²) < 4.78 is 0. The molecule has 1 aliphatic heterocycles. The molecule has 2 N–H and O–H groups in total. The average molecular weight is 349 g/mol. The number of rotatable bonds is 6. The Morgan fingerprint density at radius 2 is 1.88 bits per heavy atom. The lowest BCUT2D eigenvalue weighted by Crippen LogP contribution is -2.45. The zero-order valence-electron chi connectivity index (χ0n) is 15.2. The van der Waals surface area contributed by atoms with Crippen LogP contribution in [0, 0.1) is 5.41 Å². The minimum Gasteiger partial charge on any atom is -0.396 e. The van der Waals surface area contributed by atoms with Gasteiger partial charge in [-0.05, 0) is 49.9 Å². The predicted molar refractivity (Wildman–Crippen MR) is 105 cm³/mol. The number of H-pyrrole nitrogens is 1. The van der Waals surface area contributed by atoms with Gasteiger partial charge in [-0.3, -0.25) is 4.90 Å². The van der Waals surface area contributed by atoms with Crippen molar-refractivity contribution >= 4 is 11.0 Å². The summed E-state index contributed by atoms with van der Waals surface area (Å²) in [6.07, 6.45) is 4.30. The van der Waals surface area contributed by atoms with Crippen LogP contribution in [0.15, 0.2) is 54.6 Å². The van der Waals surface area contributed by atoms with Gasteiger partial charge in [0.1, 0.15) is 5.82 Å². The van der Waals surface area contributed by atoms with Crippen LogP contribution in [0.5, 0.6) is 0 Å². The molecule has 3 aromatic rings. The quantitative estimate of drug-likeness (QED) is 0.712. The molecule has 2 heterocycles. The first-order valence-electron chi connectivity index (χ1n) is 9.57. The Morgan fingerprint density at radius 1 is 1.08 bits per heavy atom. The molecule has 4 heteroatoms. The number of imidazole rings is 1. The molecule has 0 spiro atoms. The fourth-order valence-corrected chi connectivity index (χ4v) is 4.20. The van der Waals surface area contributed by atoms with Crippen LogP contribution in [-0.4, -0.2) is 39.7 Å². The maximum absolute atomic E-state index is 10.2. The lowest BCUT2D eigenvalue weighted by Gasteiger charge is -2.41. The summed E-state index contributed by atoms with van der Waals surface area (Å²) in [6, 6.07) is 18.8. The first kappa shape index (κ1) is 17.3. The molecule has 1 aliphatic rings. The van der Waals surface area contributed by atoms with Gasteiger partial charge in [-0.15, -0.1) is 0 Å². The smallest absolute Gasteiger partial charge is 0.121 e. The van der Waals surface area contributed by atoms with E-state index < -0.39 is 0 Å². The topological polar surface area (TPSA) is 52.1 Å². The Labute approximate surface area is 154 Å². The van der Waals surface area contributed by atoms with Gasteiger partial charge in [-0.1, -0.05) is 42.5 Å². The molecule has 1 atom stereocenters. The highest BCUT2D eigenvalue weighted by Gasteiger charge is 2.34. The Kier molecular flexibility index (Phi) is 5.05. The number of aliphatic hydroxyl groups is 1. The molecule has 2 aromatic carbocycles. The van der Waals surface area contributed by atoms with Gasteiger partial charge < -0.3 is 10.1 Å². The van der Waals surface area contributed by atoms with Crippen molar-refractivity contribution in [3.63, 3.8) is 0 Å². The molecule has 1 saturated heterocycles. The van der Waals surface area contributed by atoms with Crippen molar-refractivity contribution in [1.29, 1.82) is 0 Å². The number of likely N-dealkylation sites (tertiary alicyclic amines) is 1. The van der Waals surface area contributed by atoms with Crippen LogP contribution in [0.4, 0.5) is 0 Å². The van der Waals surface area contributed by atoms with Crippen LogP contribution in [0.1, 0.15) is 30.7 Å². The third-order valence-corrected chi connectivity index (χ3v) is 5.67. The molecule has 0 unspecified atom stereocenters. The van der Waals surface area contributed by atoms with Gasteiger partial charge in [-0.2, -0.15) is 0 Å². The van der Waals surface area contributed by atoms with E-state index in [1.165, 1.54) is 5.56 Å². The molecule has 26 heavy (non-hydrogen) atoms. The summed E-state index contributed by atoms with van der Waals surface area (Å²) >= 11 is 0. The van der Waals surface area contributed by atoms with E-state index >= 15 is 0 Å². The van der Waals surface area contributed by atoms with Crippen LogP contribution in [0.2, 0.25) is 0 Å². The maximum Gasteiger partial charge on any atom is 0.121 e. The number of para-hydroxylation sites is 2. The average Bonchev–Trinajstić information content (AvgIpc) is 3.10. The zero-order valence-corrected chi connectivity index (χ0v) is 15.2. The Hall–Kier alpha value is -2.17. The molecule has 4 rings (SSSR count). The molecule has 0 saturated carbocycles.